The normalized spacial score (nSPS) is 17.0. The lowest BCUT2D eigenvalue weighted by Crippen LogP contribution is -2.53. The lowest BCUT2D eigenvalue weighted by Gasteiger charge is -2.35. The van der Waals surface area contributed by atoms with Gasteiger partial charge < -0.3 is 21.7 Å². The molecule has 0 fully saturated rings. The molecule has 1 aliphatic heterocycles. The summed E-state index contributed by atoms with van der Waals surface area (Å²) in [6, 6.07) is 6.90. The van der Waals surface area contributed by atoms with Gasteiger partial charge in [-0.1, -0.05) is 24.3 Å². The average Bonchev–Trinajstić information content (AvgIpc) is 2.50. The summed E-state index contributed by atoms with van der Waals surface area (Å²) >= 11 is 0. The lowest BCUT2D eigenvalue weighted by molar-refractivity contribution is -0.140. The van der Waals surface area contributed by atoms with Crippen molar-refractivity contribution in [3.05, 3.63) is 35.4 Å². The molecule has 0 radical (unpaired) electrons. The highest BCUT2D eigenvalue weighted by atomic mass is 16.2. The van der Waals surface area contributed by atoms with Crippen molar-refractivity contribution in [3.8, 4) is 0 Å². The van der Waals surface area contributed by atoms with Crippen molar-refractivity contribution < 1.29 is 14.4 Å². The van der Waals surface area contributed by atoms with Gasteiger partial charge in [-0.25, -0.2) is 0 Å². The zero-order chi connectivity index (χ0) is 15.4. The van der Waals surface area contributed by atoms with Gasteiger partial charge in [-0.2, -0.15) is 0 Å². The van der Waals surface area contributed by atoms with Crippen molar-refractivity contribution in [2.45, 2.75) is 19.0 Å². The van der Waals surface area contributed by atoms with Crippen molar-refractivity contribution >= 4 is 17.7 Å². The van der Waals surface area contributed by atoms with Crippen LogP contribution in [0.25, 0.3) is 0 Å². The van der Waals surface area contributed by atoms with Crippen LogP contribution in [0, 0.1) is 0 Å². The van der Waals surface area contributed by atoms with Gasteiger partial charge in [-0.15, -0.1) is 0 Å². The maximum absolute atomic E-state index is 12.2. The van der Waals surface area contributed by atoms with Crippen LogP contribution in [0.1, 0.15) is 11.1 Å². The maximum Gasteiger partial charge on any atom is 0.242 e. The average molecular weight is 290 g/mol. The molecule has 0 saturated heterocycles. The Hall–Kier alpha value is -2.41. The molecular formula is C14H18N4O3. The van der Waals surface area contributed by atoms with Crippen LogP contribution >= 0.6 is 0 Å². The number of primary amides is 1. The topological polar surface area (TPSA) is 119 Å². The Morgan fingerprint density at radius 3 is 2.52 bits per heavy atom. The molecule has 0 spiro atoms. The Balaban J connectivity index is 2.14. The molecule has 1 heterocycles. The summed E-state index contributed by atoms with van der Waals surface area (Å²) in [5, 5.41) is 2.41. The number of amides is 3. The van der Waals surface area contributed by atoms with E-state index in [0.29, 0.717) is 13.0 Å². The summed E-state index contributed by atoms with van der Waals surface area (Å²) in [4.78, 5) is 36.3. The summed E-state index contributed by atoms with van der Waals surface area (Å²) in [6.07, 6.45) is 0.391. The van der Waals surface area contributed by atoms with Crippen molar-refractivity contribution in [3.63, 3.8) is 0 Å². The van der Waals surface area contributed by atoms with Gasteiger partial charge in [0.25, 0.3) is 0 Å². The summed E-state index contributed by atoms with van der Waals surface area (Å²) in [5.41, 5.74) is 12.5. The minimum atomic E-state index is -0.692. The van der Waals surface area contributed by atoms with E-state index in [-0.39, 0.29) is 19.0 Å². The van der Waals surface area contributed by atoms with Crippen molar-refractivity contribution in [2.75, 3.05) is 13.1 Å². The van der Waals surface area contributed by atoms with E-state index in [1.807, 2.05) is 24.3 Å². The maximum atomic E-state index is 12.2. The van der Waals surface area contributed by atoms with Gasteiger partial charge >= 0.3 is 0 Å². The minimum Gasteiger partial charge on any atom is -0.368 e. The van der Waals surface area contributed by atoms with Gasteiger partial charge in [0.1, 0.15) is 6.04 Å². The molecule has 21 heavy (non-hydrogen) atoms. The van der Waals surface area contributed by atoms with Crippen LogP contribution in [0.5, 0.6) is 0 Å². The monoisotopic (exact) mass is 290 g/mol. The highest BCUT2D eigenvalue weighted by Crippen LogP contribution is 2.23. The second kappa shape index (κ2) is 6.36. The predicted octanol–water partition coefficient (Wildman–Crippen LogP) is -1.50. The fraction of sp³-hybridized carbons (Fsp3) is 0.357. The number of nitrogens with zero attached hydrogens (tertiary/aromatic N) is 1. The second-order valence-corrected chi connectivity index (χ2v) is 4.89. The standard InChI is InChI=1S/C14H18N4O3/c15-6-12(19)17-7-13(20)18-8-10-4-2-1-3-9(10)5-11(18)14(16)21/h1-4,11H,5-8,15H2,(H2,16,21)(H,17,19)/t11-/m0/s1. The Labute approximate surface area is 122 Å². The summed E-state index contributed by atoms with van der Waals surface area (Å²) < 4.78 is 0. The smallest absolute Gasteiger partial charge is 0.242 e. The van der Waals surface area contributed by atoms with E-state index in [2.05, 4.69) is 5.32 Å². The Morgan fingerprint density at radius 1 is 1.24 bits per heavy atom. The first-order chi connectivity index (χ1) is 10.0. The van der Waals surface area contributed by atoms with Gasteiger partial charge in [0.2, 0.25) is 17.7 Å². The van der Waals surface area contributed by atoms with Gasteiger partial charge in [0.15, 0.2) is 0 Å². The quantitative estimate of drug-likeness (QED) is 0.625. The van der Waals surface area contributed by atoms with Gasteiger partial charge in [-0.05, 0) is 11.1 Å². The number of nitrogens with two attached hydrogens (primary N) is 2. The molecule has 5 N–H and O–H groups in total. The van der Waals surface area contributed by atoms with Crippen LogP contribution in [-0.2, 0) is 27.3 Å². The van der Waals surface area contributed by atoms with E-state index in [4.69, 9.17) is 11.5 Å². The Kier molecular flexibility index (Phi) is 4.54. The first-order valence-electron chi connectivity index (χ1n) is 6.65. The van der Waals surface area contributed by atoms with E-state index >= 15 is 0 Å². The molecule has 0 bridgehead atoms. The van der Waals surface area contributed by atoms with E-state index in [1.165, 1.54) is 4.90 Å². The van der Waals surface area contributed by atoms with E-state index in [9.17, 15) is 14.4 Å². The highest BCUT2D eigenvalue weighted by molar-refractivity contribution is 5.90. The van der Waals surface area contributed by atoms with Crippen molar-refractivity contribution in [2.24, 2.45) is 11.5 Å². The molecule has 1 aromatic carbocycles. The minimum absolute atomic E-state index is 0.185. The van der Waals surface area contributed by atoms with Gasteiger partial charge in [-0.3, -0.25) is 14.4 Å². The third-order valence-corrected chi connectivity index (χ3v) is 3.52. The van der Waals surface area contributed by atoms with E-state index < -0.39 is 17.9 Å². The van der Waals surface area contributed by atoms with Crippen LogP contribution in [0.3, 0.4) is 0 Å². The fourth-order valence-corrected chi connectivity index (χ4v) is 2.39. The summed E-state index contributed by atoms with van der Waals surface area (Å²) in [6.45, 7) is -0.0710. The molecule has 0 aliphatic carbocycles. The molecule has 0 unspecified atom stereocenters. The van der Waals surface area contributed by atoms with Crippen LogP contribution in [0.2, 0.25) is 0 Å². The van der Waals surface area contributed by atoms with Crippen LogP contribution in [0.4, 0.5) is 0 Å². The molecule has 3 amide bonds. The number of carbonyl (C=O) groups is 3. The predicted molar refractivity (Wildman–Crippen MR) is 75.7 cm³/mol. The molecule has 112 valence electrons. The molecule has 1 atom stereocenters. The van der Waals surface area contributed by atoms with Gasteiger partial charge in [0.05, 0.1) is 13.1 Å². The van der Waals surface area contributed by atoms with Crippen LogP contribution in [-0.4, -0.2) is 41.8 Å². The number of hydrogen-bond acceptors (Lipinski definition) is 4. The lowest BCUT2D eigenvalue weighted by atomic mass is 9.93. The van der Waals surface area contributed by atoms with Crippen LogP contribution < -0.4 is 16.8 Å². The molecule has 0 saturated carbocycles. The first kappa shape index (κ1) is 15.0. The van der Waals surface area contributed by atoms with E-state index in [0.717, 1.165) is 11.1 Å². The second-order valence-electron chi connectivity index (χ2n) is 4.89. The van der Waals surface area contributed by atoms with Crippen LogP contribution in [0.15, 0.2) is 24.3 Å². The number of carbonyl (C=O) groups excluding carboxylic acids is 3. The zero-order valence-electron chi connectivity index (χ0n) is 11.5. The Bertz CT molecular complexity index is 573. The van der Waals surface area contributed by atoms with E-state index in [1.54, 1.807) is 0 Å². The number of nitrogens with one attached hydrogen (secondary N) is 1. The zero-order valence-corrected chi connectivity index (χ0v) is 11.5. The van der Waals surface area contributed by atoms with Crippen molar-refractivity contribution in [1.29, 1.82) is 0 Å². The summed E-state index contributed by atoms with van der Waals surface area (Å²) in [5.74, 6) is -1.32. The largest absolute Gasteiger partial charge is 0.368 e. The molecule has 7 nitrogen and oxygen atoms in total. The summed E-state index contributed by atoms with van der Waals surface area (Å²) in [7, 11) is 0. The van der Waals surface area contributed by atoms with Gasteiger partial charge in [0, 0.05) is 13.0 Å². The molecule has 7 heteroatoms. The third-order valence-electron chi connectivity index (χ3n) is 3.52. The Morgan fingerprint density at radius 2 is 1.90 bits per heavy atom. The fourth-order valence-electron chi connectivity index (χ4n) is 2.39. The molecule has 2 rings (SSSR count). The molecule has 1 aliphatic rings. The number of hydrogen-bond donors (Lipinski definition) is 3. The highest BCUT2D eigenvalue weighted by Gasteiger charge is 2.33. The first-order valence-corrected chi connectivity index (χ1v) is 6.65. The molecule has 1 aromatic rings. The molecular weight excluding hydrogens is 272 g/mol. The SMILES string of the molecule is NCC(=O)NCC(=O)N1Cc2ccccc2C[C@H]1C(N)=O. The molecule has 0 aromatic heterocycles. The number of fused-ring (bicyclic) bond motifs is 1. The van der Waals surface area contributed by atoms with Crippen molar-refractivity contribution in [1.82, 2.24) is 10.2 Å². The number of benzene rings is 1. The number of rotatable bonds is 4. The third kappa shape index (κ3) is 3.38.